The Balaban J connectivity index is 2.10. The van der Waals surface area contributed by atoms with Gasteiger partial charge in [-0.25, -0.2) is 4.79 Å². The number of hydrogen-bond donors (Lipinski definition) is 1. The Morgan fingerprint density at radius 1 is 1.41 bits per heavy atom. The second-order valence-electron chi connectivity index (χ2n) is 3.26. The van der Waals surface area contributed by atoms with Crippen molar-refractivity contribution in [2.24, 2.45) is 0 Å². The van der Waals surface area contributed by atoms with Crippen LogP contribution in [-0.2, 0) is 6.42 Å². The number of carbonyl (C=O) groups is 1. The van der Waals surface area contributed by atoms with Crippen LogP contribution in [0, 0.1) is 0 Å². The molecule has 0 aliphatic rings. The Hall–Kier alpha value is -1.95. The van der Waals surface area contributed by atoms with E-state index in [0.29, 0.717) is 10.9 Å². The monoisotopic (exact) mass is 250 g/mol. The average molecular weight is 250 g/mol. The first-order valence-corrected chi connectivity index (χ1v) is 5.80. The van der Waals surface area contributed by atoms with E-state index in [1.165, 1.54) is 23.7 Å². The zero-order valence-electron chi connectivity index (χ0n) is 9.08. The van der Waals surface area contributed by atoms with Crippen molar-refractivity contribution in [2.45, 2.75) is 13.3 Å². The lowest BCUT2D eigenvalue weighted by Crippen LogP contribution is -1.95. The number of aromatic nitrogens is 2. The summed E-state index contributed by atoms with van der Waals surface area (Å²) < 4.78 is 9.54. The number of carboxylic acids is 1. The van der Waals surface area contributed by atoms with Gasteiger partial charge in [0.05, 0.1) is 5.56 Å². The van der Waals surface area contributed by atoms with Crippen LogP contribution in [0.5, 0.6) is 10.9 Å². The minimum Gasteiger partial charge on any atom is -0.478 e. The van der Waals surface area contributed by atoms with Crippen molar-refractivity contribution in [2.75, 3.05) is 0 Å². The number of ether oxygens (including phenoxy) is 1. The molecule has 88 valence electrons. The zero-order valence-corrected chi connectivity index (χ0v) is 9.90. The largest absolute Gasteiger partial charge is 0.478 e. The Labute approximate surface area is 102 Å². The molecular weight excluding hydrogens is 240 g/mol. The Kier molecular flexibility index (Phi) is 3.34. The number of carboxylic acid groups (broad SMARTS) is 1. The van der Waals surface area contributed by atoms with E-state index < -0.39 is 5.97 Å². The third-order valence-electron chi connectivity index (χ3n) is 2.07. The third kappa shape index (κ3) is 2.79. The van der Waals surface area contributed by atoms with Crippen molar-refractivity contribution in [3.05, 3.63) is 35.7 Å². The summed E-state index contributed by atoms with van der Waals surface area (Å²) in [5.74, 6) is 0.335. The van der Waals surface area contributed by atoms with Gasteiger partial charge in [0.15, 0.2) is 0 Å². The van der Waals surface area contributed by atoms with Gasteiger partial charge in [-0.05, 0) is 24.3 Å². The fourth-order valence-electron chi connectivity index (χ4n) is 1.19. The summed E-state index contributed by atoms with van der Waals surface area (Å²) in [6.45, 7) is 1.97. The Morgan fingerprint density at radius 2 is 2.12 bits per heavy atom. The maximum Gasteiger partial charge on any atom is 0.335 e. The summed E-state index contributed by atoms with van der Waals surface area (Å²) in [5.41, 5.74) is 0.226. The van der Waals surface area contributed by atoms with Gasteiger partial charge >= 0.3 is 5.97 Å². The topological polar surface area (TPSA) is 72.3 Å². The summed E-state index contributed by atoms with van der Waals surface area (Å²) in [4.78, 5) is 14.8. The highest BCUT2D eigenvalue weighted by molar-refractivity contribution is 7.07. The normalized spacial score (nSPS) is 10.2. The van der Waals surface area contributed by atoms with Gasteiger partial charge in [0.2, 0.25) is 0 Å². The number of aromatic carboxylic acids is 1. The molecule has 2 aromatic rings. The maximum atomic E-state index is 10.7. The molecule has 1 heterocycles. The maximum absolute atomic E-state index is 10.7. The zero-order chi connectivity index (χ0) is 12.3. The minimum atomic E-state index is -0.958. The molecule has 0 atom stereocenters. The molecule has 0 saturated carbocycles. The van der Waals surface area contributed by atoms with E-state index in [1.807, 2.05) is 6.92 Å². The molecule has 0 aliphatic carbocycles. The van der Waals surface area contributed by atoms with E-state index >= 15 is 0 Å². The molecule has 0 spiro atoms. The van der Waals surface area contributed by atoms with E-state index in [0.717, 1.165) is 12.2 Å². The minimum absolute atomic E-state index is 0.226. The molecular formula is C11H10N2O3S. The van der Waals surface area contributed by atoms with E-state index in [9.17, 15) is 4.79 Å². The van der Waals surface area contributed by atoms with Gasteiger partial charge in [-0.3, -0.25) is 0 Å². The first-order chi connectivity index (χ1) is 8.19. The van der Waals surface area contributed by atoms with E-state index in [-0.39, 0.29) is 5.56 Å². The van der Waals surface area contributed by atoms with Crippen LogP contribution in [0.1, 0.15) is 23.1 Å². The van der Waals surface area contributed by atoms with Gasteiger partial charge in [0, 0.05) is 18.0 Å². The average Bonchev–Trinajstić information content (AvgIpc) is 2.77. The lowest BCUT2D eigenvalue weighted by Gasteiger charge is -2.00. The fourth-order valence-corrected chi connectivity index (χ4v) is 1.82. The van der Waals surface area contributed by atoms with Gasteiger partial charge in [0.25, 0.3) is 5.19 Å². The van der Waals surface area contributed by atoms with Crippen molar-refractivity contribution in [1.82, 2.24) is 9.36 Å². The van der Waals surface area contributed by atoms with Crippen molar-refractivity contribution < 1.29 is 14.6 Å². The lowest BCUT2D eigenvalue weighted by molar-refractivity contribution is 0.0697. The predicted octanol–water partition coefficient (Wildman–Crippen LogP) is 2.59. The standard InChI is InChI=1S/C11H10N2O3S/c1-2-9-12-11(17-13-9)16-8-5-3-7(4-6-8)10(14)15/h3-6H,2H2,1H3,(H,14,15). The van der Waals surface area contributed by atoms with Gasteiger partial charge < -0.3 is 9.84 Å². The van der Waals surface area contributed by atoms with Crippen LogP contribution in [0.3, 0.4) is 0 Å². The molecule has 5 nitrogen and oxygen atoms in total. The quantitative estimate of drug-likeness (QED) is 0.902. The summed E-state index contributed by atoms with van der Waals surface area (Å²) >= 11 is 1.18. The number of nitrogens with zero attached hydrogens (tertiary/aromatic N) is 2. The van der Waals surface area contributed by atoms with Crippen LogP contribution in [0.25, 0.3) is 0 Å². The lowest BCUT2D eigenvalue weighted by atomic mass is 10.2. The van der Waals surface area contributed by atoms with Crippen LogP contribution < -0.4 is 4.74 Å². The molecule has 0 unspecified atom stereocenters. The van der Waals surface area contributed by atoms with Gasteiger partial charge in [-0.1, -0.05) is 6.92 Å². The highest BCUT2D eigenvalue weighted by Crippen LogP contribution is 2.23. The van der Waals surface area contributed by atoms with Crippen LogP contribution in [0.15, 0.2) is 24.3 Å². The molecule has 1 N–H and O–H groups in total. The van der Waals surface area contributed by atoms with Crippen molar-refractivity contribution in [3.63, 3.8) is 0 Å². The van der Waals surface area contributed by atoms with Crippen LogP contribution >= 0.6 is 11.5 Å². The van der Waals surface area contributed by atoms with E-state index in [4.69, 9.17) is 9.84 Å². The van der Waals surface area contributed by atoms with Crippen LogP contribution in [0.4, 0.5) is 0 Å². The number of rotatable bonds is 4. The van der Waals surface area contributed by atoms with Crippen molar-refractivity contribution in [1.29, 1.82) is 0 Å². The van der Waals surface area contributed by atoms with Crippen LogP contribution in [-0.4, -0.2) is 20.4 Å². The first kappa shape index (κ1) is 11.5. The summed E-state index contributed by atoms with van der Waals surface area (Å²) in [6, 6.07) is 6.16. The number of aryl methyl sites for hydroxylation is 1. The molecule has 0 aliphatic heterocycles. The highest BCUT2D eigenvalue weighted by atomic mass is 32.1. The van der Waals surface area contributed by atoms with Crippen LogP contribution in [0.2, 0.25) is 0 Å². The molecule has 2 rings (SSSR count). The van der Waals surface area contributed by atoms with Gasteiger partial charge in [-0.15, -0.1) is 0 Å². The first-order valence-electron chi connectivity index (χ1n) is 5.03. The van der Waals surface area contributed by atoms with Gasteiger partial charge in [-0.2, -0.15) is 9.36 Å². The Morgan fingerprint density at radius 3 is 2.65 bits per heavy atom. The second kappa shape index (κ2) is 4.92. The summed E-state index contributed by atoms with van der Waals surface area (Å²) in [6.07, 6.45) is 0.762. The molecule has 0 radical (unpaired) electrons. The third-order valence-corrected chi connectivity index (χ3v) is 2.70. The molecule has 1 aromatic carbocycles. The SMILES string of the molecule is CCc1nsc(Oc2ccc(C(=O)O)cc2)n1. The highest BCUT2D eigenvalue weighted by Gasteiger charge is 2.06. The number of hydrogen-bond acceptors (Lipinski definition) is 5. The van der Waals surface area contributed by atoms with Crippen molar-refractivity contribution >= 4 is 17.5 Å². The second-order valence-corrected chi connectivity index (χ2v) is 3.98. The molecule has 6 heteroatoms. The smallest absolute Gasteiger partial charge is 0.335 e. The molecule has 0 bridgehead atoms. The molecule has 1 aromatic heterocycles. The predicted molar refractivity (Wildman–Crippen MR) is 62.8 cm³/mol. The van der Waals surface area contributed by atoms with E-state index in [2.05, 4.69) is 9.36 Å². The fraction of sp³-hybridized carbons (Fsp3) is 0.182. The Bertz CT molecular complexity index is 522. The molecule has 0 amide bonds. The van der Waals surface area contributed by atoms with Crippen molar-refractivity contribution in [3.8, 4) is 10.9 Å². The van der Waals surface area contributed by atoms with Gasteiger partial charge in [0.1, 0.15) is 11.6 Å². The van der Waals surface area contributed by atoms with E-state index in [1.54, 1.807) is 12.1 Å². The molecule has 17 heavy (non-hydrogen) atoms. The summed E-state index contributed by atoms with van der Waals surface area (Å²) in [7, 11) is 0. The molecule has 0 saturated heterocycles. The number of benzene rings is 1. The molecule has 0 fully saturated rings. The summed E-state index contributed by atoms with van der Waals surface area (Å²) in [5, 5.41) is 9.20.